The molecule has 3 heterocycles. The van der Waals surface area contributed by atoms with E-state index in [0.717, 1.165) is 27.9 Å². The SMILES string of the molecule is COc1c(C(C)n2nc(C)c3c(C)ncnc32)cc(C#N)c(C)c1-c1ccnc(C(=O)N(C)CCO)c1. The van der Waals surface area contributed by atoms with Gasteiger partial charge in [0.1, 0.15) is 17.8 Å². The van der Waals surface area contributed by atoms with Gasteiger partial charge in [-0.1, -0.05) is 0 Å². The fourth-order valence-corrected chi connectivity index (χ4v) is 4.64. The van der Waals surface area contributed by atoms with Gasteiger partial charge in [-0.15, -0.1) is 0 Å². The highest BCUT2D eigenvalue weighted by Crippen LogP contribution is 2.42. The van der Waals surface area contributed by atoms with Crippen molar-refractivity contribution in [2.75, 3.05) is 27.3 Å². The maximum atomic E-state index is 12.8. The molecule has 0 bridgehead atoms. The van der Waals surface area contributed by atoms with Crippen LogP contribution in [0.2, 0.25) is 0 Å². The Kier molecular flexibility index (Phi) is 7.18. The minimum Gasteiger partial charge on any atom is -0.496 e. The second-order valence-corrected chi connectivity index (χ2v) is 8.90. The number of pyridine rings is 1. The minimum absolute atomic E-state index is 0.146. The van der Waals surface area contributed by atoms with Gasteiger partial charge >= 0.3 is 0 Å². The summed E-state index contributed by atoms with van der Waals surface area (Å²) in [5, 5.41) is 24.8. The molecular formula is C27H29N7O3. The predicted octanol–water partition coefficient (Wildman–Crippen LogP) is 3.37. The summed E-state index contributed by atoms with van der Waals surface area (Å²) in [5.74, 6) is 0.260. The molecule has 190 valence electrons. The van der Waals surface area contributed by atoms with Crippen LogP contribution in [0.15, 0.2) is 30.7 Å². The number of carbonyl (C=O) groups is 1. The Labute approximate surface area is 215 Å². The number of rotatable bonds is 7. The summed E-state index contributed by atoms with van der Waals surface area (Å²) in [7, 11) is 3.19. The largest absolute Gasteiger partial charge is 0.496 e. The van der Waals surface area contributed by atoms with Crippen molar-refractivity contribution in [3.63, 3.8) is 0 Å². The van der Waals surface area contributed by atoms with Crippen molar-refractivity contribution in [3.05, 3.63) is 64.5 Å². The minimum atomic E-state index is -0.328. The lowest BCUT2D eigenvalue weighted by Gasteiger charge is -2.22. The van der Waals surface area contributed by atoms with Gasteiger partial charge in [0.05, 0.1) is 48.2 Å². The van der Waals surface area contributed by atoms with Gasteiger partial charge in [0.2, 0.25) is 0 Å². The molecule has 0 fully saturated rings. The lowest BCUT2D eigenvalue weighted by Crippen LogP contribution is -2.30. The van der Waals surface area contributed by atoms with Crippen molar-refractivity contribution in [2.45, 2.75) is 33.7 Å². The Morgan fingerprint density at radius 1 is 1.22 bits per heavy atom. The number of amides is 1. The Hall–Kier alpha value is -4.36. The predicted molar refractivity (Wildman–Crippen MR) is 138 cm³/mol. The van der Waals surface area contributed by atoms with Crippen molar-refractivity contribution in [1.29, 1.82) is 5.26 Å². The highest BCUT2D eigenvalue weighted by atomic mass is 16.5. The number of hydrogen-bond donors (Lipinski definition) is 1. The third kappa shape index (κ3) is 4.49. The highest BCUT2D eigenvalue weighted by Gasteiger charge is 2.26. The number of aromatic nitrogens is 5. The Morgan fingerprint density at radius 2 is 1.97 bits per heavy atom. The van der Waals surface area contributed by atoms with E-state index in [1.807, 2.05) is 38.4 Å². The smallest absolute Gasteiger partial charge is 0.272 e. The number of aliphatic hydroxyl groups is 1. The zero-order valence-corrected chi connectivity index (χ0v) is 21.8. The van der Waals surface area contributed by atoms with E-state index < -0.39 is 0 Å². The Bertz CT molecular complexity index is 1540. The van der Waals surface area contributed by atoms with Crippen LogP contribution in [0.3, 0.4) is 0 Å². The zero-order valence-electron chi connectivity index (χ0n) is 21.8. The van der Waals surface area contributed by atoms with Crippen LogP contribution in [0, 0.1) is 32.1 Å². The quantitative estimate of drug-likeness (QED) is 0.410. The standard InChI is InChI=1S/C27H29N7O3/c1-15-20(13-28)11-21(18(4)34-26-24(17(3)32-34)16(2)30-14-31-26)25(37-6)23(15)19-7-8-29-22(12-19)27(36)33(5)9-10-35/h7-8,11-12,14,18,35H,9-10H2,1-6H3. The van der Waals surface area contributed by atoms with Crippen molar-refractivity contribution < 1.29 is 14.6 Å². The summed E-state index contributed by atoms with van der Waals surface area (Å²) in [6.07, 6.45) is 3.07. The molecule has 4 aromatic rings. The number of aliphatic hydroxyl groups excluding tert-OH is 1. The molecule has 1 unspecified atom stereocenters. The fraction of sp³-hybridized carbons (Fsp3) is 0.333. The molecule has 10 heteroatoms. The normalized spacial score (nSPS) is 11.8. The van der Waals surface area contributed by atoms with E-state index in [1.165, 1.54) is 11.2 Å². The molecule has 0 radical (unpaired) electrons. The molecule has 4 rings (SSSR count). The van der Waals surface area contributed by atoms with Crippen LogP contribution in [0.4, 0.5) is 0 Å². The van der Waals surface area contributed by atoms with Crippen LogP contribution < -0.4 is 4.74 Å². The van der Waals surface area contributed by atoms with E-state index in [9.17, 15) is 15.2 Å². The van der Waals surface area contributed by atoms with Gasteiger partial charge in [-0.05, 0) is 57.0 Å². The summed E-state index contributed by atoms with van der Waals surface area (Å²) >= 11 is 0. The van der Waals surface area contributed by atoms with Crippen molar-refractivity contribution in [3.8, 4) is 22.9 Å². The van der Waals surface area contributed by atoms with E-state index in [0.29, 0.717) is 28.1 Å². The summed E-state index contributed by atoms with van der Waals surface area (Å²) < 4.78 is 7.77. The number of carbonyl (C=O) groups excluding carboxylic acids is 1. The number of nitriles is 1. The monoisotopic (exact) mass is 499 g/mol. The second kappa shape index (κ2) is 10.3. The third-order valence-corrected chi connectivity index (χ3v) is 6.61. The third-order valence-electron chi connectivity index (χ3n) is 6.61. The van der Waals surface area contributed by atoms with E-state index in [-0.39, 0.29) is 30.8 Å². The molecule has 1 N–H and O–H groups in total. The summed E-state index contributed by atoms with van der Waals surface area (Å²) in [5.41, 5.74) is 5.94. The van der Waals surface area contributed by atoms with Gasteiger partial charge in [0.25, 0.3) is 5.91 Å². The molecule has 0 aliphatic heterocycles. The lowest BCUT2D eigenvalue weighted by atomic mass is 9.90. The maximum Gasteiger partial charge on any atom is 0.272 e. The highest BCUT2D eigenvalue weighted by molar-refractivity contribution is 5.94. The molecule has 1 amide bonds. The first-order chi connectivity index (χ1) is 17.7. The molecule has 37 heavy (non-hydrogen) atoms. The van der Waals surface area contributed by atoms with E-state index >= 15 is 0 Å². The number of methoxy groups -OCH3 is 1. The lowest BCUT2D eigenvalue weighted by molar-refractivity contribution is 0.0761. The number of benzene rings is 1. The molecule has 3 aromatic heterocycles. The average Bonchev–Trinajstić information content (AvgIpc) is 3.25. The molecule has 0 aliphatic carbocycles. The maximum absolute atomic E-state index is 12.8. The number of fused-ring (bicyclic) bond motifs is 1. The van der Waals surface area contributed by atoms with Crippen LogP contribution >= 0.6 is 0 Å². The Morgan fingerprint density at radius 3 is 2.65 bits per heavy atom. The molecule has 0 spiro atoms. The number of nitrogens with zero attached hydrogens (tertiary/aromatic N) is 7. The van der Waals surface area contributed by atoms with Gasteiger partial charge in [0.15, 0.2) is 5.65 Å². The summed E-state index contributed by atoms with van der Waals surface area (Å²) in [6, 6.07) is 7.26. The molecule has 10 nitrogen and oxygen atoms in total. The second-order valence-electron chi connectivity index (χ2n) is 8.90. The number of likely N-dealkylation sites (N-methyl/N-ethyl adjacent to an activating group) is 1. The average molecular weight is 500 g/mol. The van der Waals surface area contributed by atoms with Gasteiger partial charge < -0.3 is 14.7 Å². The molecule has 0 saturated heterocycles. The van der Waals surface area contributed by atoms with Crippen LogP contribution in [-0.2, 0) is 0 Å². The summed E-state index contributed by atoms with van der Waals surface area (Å²) in [4.78, 5) is 27.3. The van der Waals surface area contributed by atoms with Gasteiger partial charge in [0, 0.05) is 30.9 Å². The first-order valence-corrected chi connectivity index (χ1v) is 11.8. The number of aryl methyl sites for hydroxylation is 2. The summed E-state index contributed by atoms with van der Waals surface area (Å²) in [6.45, 7) is 7.73. The van der Waals surface area contributed by atoms with Crippen LogP contribution in [0.1, 0.15) is 51.5 Å². The van der Waals surface area contributed by atoms with Crippen molar-refractivity contribution >= 4 is 16.9 Å². The number of ether oxygens (including phenoxy) is 1. The van der Waals surface area contributed by atoms with E-state index in [4.69, 9.17) is 9.84 Å². The van der Waals surface area contributed by atoms with Crippen molar-refractivity contribution in [1.82, 2.24) is 29.6 Å². The van der Waals surface area contributed by atoms with Crippen LogP contribution in [0.25, 0.3) is 22.2 Å². The fourth-order valence-electron chi connectivity index (χ4n) is 4.64. The molecule has 1 aromatic carbocycles. The first-order valence-electron chi connectivity index (χ1n) is 11.8. The molecule has 1 atom stereocenters. The van der Waals surface area contributed by atoms with Crippen LogP contribution in [0.5, 0.6) is 5.75 Å². The number of hydrogen-bond acceptors (Lipinski definition) is 8. The molecular weight excluding hydrogens is 470 g/mol. The van der Waals surface area contributed by atoms with Crippen LogP contribution in [-0.4, -0.2) is 68.0 Å². The van der Waals surface area contributed by atoms with Gasteiger partial charge in [-0.3, -0.25) is 9.78 Å². The molecule has 0 aliphatic rings. The van der Waals surface area contributed by atoms with E-state index in [2.05, 4.69) is 21.0 Å². The molecule has 0 saturated carbocycles. The van der Waals surface area contributed by atoms with E-state index in [1.54, 1.807) is 32.5 Å². The van der Waals surface area contributed by atoms with Gasteiger partial charge in [-0.2, -0.15) is 10.4 Å². The van der Waals surface area contributed by atoms with Gasteiger partial charge in [-0.25, -0.2) is 14.6 Å². The first kappa shape index (κ1) is 25.7. The van der Waals surface area contributed by atoms with Crippen molar-refractivity contribution in [2.24, 2.45) is 0 Å². The topological polar surface area (TPSA) is 130 Å². The zero-order chi connectivity index (χ0) is 26.9. The Balaban J connectivity index is 1.92.